The zero-order valence-electron chi connectivity index (χ0n) is 5.49. The van der Waals surface area contributed by atoms with Crippen molar-refractivity contribution in [2.75, 3.05) is 0 Å². The Balaban J connectivity index is 3.13. The maximum absolute atomic E-state index is 10.5. The van der Waals surface area contributed by atoms with Gasteiger partial charge in [-0.05, 0) is 12.5 Å². The first-order valence-corrected chi connectivity index (χ1v) is 4.70. The van der Waals surface area contributed by atoms with E-state index in [1.54, 1.807) is 6.08 Å². The minimum absolute atomic E-state index is 0.0544. The summed E-state index contributed by atoms with van der Waals surface area (Å²) in [5, 5.41) is 0.0544. The summed E-state index contributed by atoms with van der Waals surface area (Å²) in [6.45, 7) is 0. The highest BCUT2D eigenvalue weighted by molar-refractivity contribution is 7.90. The van der Waals surface area contributed by atoms with Gasteiger partial charge >= 0.3 is 0 Å². The van der Waals surface area contributed by atoms with Crippen LogP contribution >= 0.6 is 11.6 Å². The van der Waals surface area contributed by atoms with Gasteiger partial charge in [0.1, 0.15) is 0 Å². The number of rotatable bonds is 1. The number of hydrogen-bond donors (Lipinski definition) is 1. The Morgan fingerprint density at radius 3 is 2.55 bits per heavy atom. The first-order chi connectivity index (χ1) is 5.02. The molecular formula is C6H6ClO3S. The van der Waals surface area contributed by atoms with Crippen LogP contribution < -0.4 is 0 Å². The monoisotopic (exact) mass is 193 g/mol. The molecular weight excluding hydrogens is 188 g/mol. The second-order valence-corrected chi connectivity index (χ2v) is 3.83. The van der Waals surface area contributed by atoms with Crippen molar-refractivity contribution >= 4 is 21.7 Å². The zero-order valence-corrected chi connectivity index (χ0v) is 7.06. The minimum Gasteiger partial charge on any atom is -0.282 e. The average Bonchev–Trinajstić information content (AvgIpc) is 1.86. The molecule has 3 nitrogen and oxygen atoms in total. The van der Waals surface area contributed by atoms with Gasteiger partial charge in [-0.3, -0.25) is 4.55 Å². The highest BCUT2D eigenvalue weighted by Crippen LogP contribution is 2.24. The molecule has 1 rings (SSSR count). The van der Waals surface area contributed by atoms with Crippen LogP contribution in [0.15, 0.2) is 22.1 Å². The summed E-state index contributed by atoms with van der Waals surface area (Å²) in [7, 11) is -4.13. The highest BCUT2D eigenvalue weighted by Gasteiger charge is 2.18. The van der Waals surface area contributed by atoms with Gasteiger partial charge in [0, 0.05) is 6.42 Å². The van der Waals surface area contributed by atoms with E-state index in [2.05, 4.69) is 0 Å². The molecule has 0 unspecified atom stereocenters. The van der Waals surface area contributed by atoms with E-state index in [1.165, 1.54) is 12.5 Å². The lowest BCUT2D eigenvalue weighted by atomic mass is 10.2. The van der Waals surface area contributed by atoms with Crippen LogP contribution in [-0.4, -0.2) is 13.0 Å². The van der Waals surface area contributed by atoms with E-state index in [-0.39, 0.29) is 9.94 Å². The second kappa shape index (κ2) is 2.97. The van der Waals surface area contributed by atoms with Gasteiger partial charge in [-0.1, -0.05) is 17.7 Å². The summed E-state index contributed by atoms with van der Waals surface area (Å²) in [6.07, 6.45) is 4.99. The summed E-state index contributed by atoms with van der Waals surface area (Å²) in [5.74, 6) is 0. The largest absolute Gasteiger partial charge is 0.292 e. The van der Waals surface area contributed by atoms with Crippen molar-refractivity contribution in [1.29, 1.82) is 0 Å². The van der Waals surface area contributed by atoms with Crippen LogP contribution in [0, 0.1) is 6.42 Å². The second-order valence-electron chi connectivity index (χ2n) is 2.03. The number of halogens is 1. The third-order valence-corrected chi connectivity index (χ3v) is 2.60. The van der Waals surface area contributed by atoms with Crippen LogP contribution in [-0.2, 0) is 10.1 Å². The topological polar surface area (TPSA) is 54.4 Å². The van der Waals surface area contributed by atoms with Gasteiger partial charge in [0.05, 0.1) is 9.94 Å². The molecule has 1 aliphatic carbocycles. The molecule has 61 valence electrons. The fourth-order valence-corrected chi connectivity index (χ4v) is 1.83. The third kappa shape index (κ3) is 2.05. The summed E-state index contributed by atoms with van der Waals surface area (Å²) in [5.41, 5.74) is 0. The van der Waals surface area contributed by atoms with Gasteiger partial charge < -0.3 is 0 Å². The molecule has 0 aromatic carbocycles. The zero-order chi connectivity index (χ0) is 8.48. The van der Waals surface area contributed by atoms with Crippen LogP contribution in [0.4, 0.5) is 0 Å². The molecule has 0 atom stereocenters. The molecule has 0 aliphatic heterocycles. The van der Waals surface area contributed by atoms with Crippen LogP contribution in [0.2, 0.25) is 0 Å². The van der Waals surface area contributed by atoms with E-state index in [9.17, 15) is 8.42 Å². The quantitative estimate of drug-likeness (QED) is 0.642. The molecule has 0 aromatic rings. The minimum atomic E-state index is -4.13. The molecule has 1 aliphatic rings. The van der Waals surface area contributed by atoms with E-state index >= 15 is 0 Å². The number of allylic oxidation sites excluding steroid dienone is 4. The first kappa shape index (κ1) is 8.77. The van der Waals surface area contributed by atoms with Crippen LogP contribution in [0.5, 0.6) is 0 Å². The predicted octanol–water partition coefficient (Wildman–Crippen LogP) is 1.49. The summed E-state index contributed by atoms with van der Waals surface area (Å²) < 4.78 is 29.7. The summed E-state index contributed by atoms with van der Waals surface area (Å²) >= 11 is 5.49. The molecule has 0 aromatic heterocycles. The van der Waals surface area contributed by atoms with Crippen LogP contribution in [0.3, 0.4) is 0 Å². The summed E-state index contributed by atoms with van der Waals surface area (Å²) in [6, 6.07) is 0. The standard InChI is InChI=1S/C6H6ClO3S/c7-5-3-1-2-4-6(5)11(8,9)10/h1,3-4H,2H2,(H,8,9,10). The fraction of sp³-hybridized carbons (Fsp3) is 0.167. The van der Waals surface area contributed by atoms with Gasteiger partial charge in [0.15, 0.2) is 0 Å². The van der Waals surface area contributed by atoms with Crippen molar-refractivity contribution in [3.8, 4) is 0 Å². The highest BCUT2D eigenvalue weighted by atomic mass is 35.5. The van der Waals surface area contributed by atoms with E-state index in [4.69, 9.17) is 16.2 Å². The Bertz CT molecular complexity index is 313. The lowest BCUT2D eigenvalue weighted by molar-refractivity contribution is 0.491. The predicted molar refractivity (Wildman–Crippen MR) is 42.5 cm³/mol. The van der Waals surface area contributed by atoms with Crippen LogP contribution in [0.25, 0.3) is 0 Å². The Hall–Kier alpha value is -0.320. The molecule has 11 heavy (non-hydrogen) atoms. The SMILES string of the molecule is O=S(=O)(O)C1=C(Cl)C=CC[CH]1. The first-order valence-electron chi connectivity index (χ1n) is 2.89. The Morgan fingerprint density at radius 2 is 2.18 bits per heavy atom. The van der Waals surface area contributed by atoms with Crippen LogP contribution in [0.1, 0.15) is 6.42 Å². The Kier molecular flexibility index (Phi) is 2.37. The van der Waals surface area contributed by atoms with Crippen molar-refractivity contribution in [2.45, 2.75) is 6.42 Å². The molecule has 0 saturated heterocycles. The Morgan fingerprint density at radius 1 is 1.55 bits per heavy atom. The van der Waals surface area contributed by atoms with Crippen molar-refractivity contribution in [3.63, 3.8) is 0 Å². The lowest BCUT2D eigenvalue weighted by Gasteiger charge is -2.06. The summed E-state index contributed by atoms with van der Waals surface area (Å²) in [4.78, 5) is -0.207. The molecule has 0 amide bonds. The Labute approximate surface area is 70.1 Å². The normalized spacial score (nSPS) is 19.1. The van der Waals surface area contributed by atoms with E-state index in [0.29, 0.717) is 6.42 Å². The number of hydrogen-bond acceptors (Lipinski definition) is 2. The van der Waals surface area contributed by atoms with Gasteiger partial charge in [-0.15, -0.1) is 0 Å². The maximum Gasteiger partial charge on any atom is 0.292 e. The molecule has 0 bridgehead atoms. The van der Waals surface area contributed by atoms with Crippen molar-refractivity contribution in [3.05, 3.63) is 28.5 Å². The van der Waals surface area contributed by atoms with Gasteiger partial charge in [0.25, 0.3) is 10.1 Å². The maximum atomic E-state index is 10.5. The molecule has 1 N–H and O–H groups in total. The van der Waals surface area contributed by atoms with E-state index in [0.717, 1.165) is 0 Å². The van der Waals surface area contributed by atoms with Crippen molar-refractivity contribution in [1.82, 2.24) is 0 Å². The average molecular weight is 194 g/mol. The molecule has 0 fully saturated rings. The fourth-order valence-electron chi connectivity index (χ4n) is 0.755. The van der Waals surface area contributed by atoms with Gasteiger partial charge in [0.2, 0.25) is 0 Å². The smallest absolute Gasteiger partial charge is 0.282 e. The van der Waals surface area contributed by atoms with Gasteiger partial charge in [-0.25, -0.2) is 0 Å². The molecule has 5 heteroatoms. The van der Waals surface area contributed by atoms with E-state index in [1.807, 2.05) is 0 Å². The van der Waals surface area contributed by atoms with Crippen molar-refractivity contribution < 1.29 is 13.0 Å². The van der Waals surface area contributed by atoms with E-state index < -0.39 is 10.1 Å². The molecule has 0 saturated carbocycles. The van der Waals surface area contributed by atoms with Crippen molar-refractivity contribution in [2.24, 2.45) is 0 Å². The van der Waals surface area contributed by atoms with Gasteiger partial charge in [-0.2, -0.15) is 8.42 Å². The lowest BCUT2D eigenvalue weighted by Crippen LogP contribution is -2.05. The molecule has 0 spiro atoms. The molecule has 1 radical (unpaired) electrons. The molecule has 0 heterocycles. The third-order valence-electron chi connectivity index (χ3n) is 1.22.